The highest BCUT2D eigenvalue weighted by Crippen LogP contribution is 2.35. The van der Waals surface area contributed by atoms with Crippen LogP contribution in [0.15, 0.2) is 41.8 Å². The quantitative estimate of drug-likeness (QED) is 0.454. The molecule has 1 amide bonds. The summed E-state index contributed by atoms with van der Waals surface area (Å²) in [7, 11) is 0. The lowest BCUT2D eigenvalue weighted by molar-refractivity contribution is -0.148. The molecule has 27 heavy (non-hydrogen) atoms. The molecule has 3 aromatic rings. The van der Waals surface area contributed by atoms with Crippen LogP contribution in [0.1, 0.15) is 15.3 Å². The highest BCUT2D eigenvalue weighted by molar-refractivity contribution is 7.20. The Bertz CT molecular complexity index is 1040. The molecule has 0 spiro atoms. The van der Waals surface area contributed by atoms with Crippen molar-refractivity contribution >= 4 is 62.3 Å². The predicted molar refractivity (Wildman–Crippen MR) is 110 cm³/mol. The van der Waals surface area contributed by atoms with Gasteiger partial charge in [-0.05, 0) is 35.6 Å². The summed E-state index contributed by atoms with van der Waals surface area (Å²) in [4.78, 5) is 28.1. The molecule has 4 rings (SSSR count). The van der Waals surface area contributed by atoms with Gasteiger partial charge < -0.3 is 9.64 Å². The molecule has 0 saturated heterocycles. The van der Waals surface area contributed by atoms with Crippen molar-refractivity contribution < 1.29 is 14.3 Å². The summed E-state index contributed by atoms with van der Waals surface area (Å²) in [6.07, 6.45) is 3.81. The number of hydrogen-bond donors (Lipinski definition) is 0. The van der Waals surface area contributed by atoms with Crippen LogP contribution in [0.25, 0.3) is 16.2 Å². The zero-order chi connectivity index (χ0) is 18.8. The molecule has 0 saturated carbocycles. The largest absolute Gasteiger partial charge is 0.452 e. The van der Waals surface area contributed by atoms with Gasteiger partial charge in [-0.3, -0.25) is 4.79 Å². The number of amides is 1. The Labute approximate surface area is 169 Å². The van der Waals surface area contributed by atoms with Crippen molar-refractivity contribution in [2.75, 3.05) is 13.2 Å². The van der Waals surface area contributed by atoms with E-state index in [1.165, 1.54) is 27.9 Å². The highest BCUT2D eigenvalue weighted by atomic mass is 35.5. The Morgan fingerprint density at radius 1 is 1.26 bits per heavy atom. The van der Waals surface area contributed by atoms with Gasteiger partial charge >= 0.3 is 5.97 Å². The average Bonchev–Trinajstić information content (AvgIpc) is 3.28. The second-order valence-corrected chi connectivity index (χ2v) is 8.61. The second kappa shape index (κ2) is 7.84. The number of ether oxygens (including phenoxy) is 1. The number of nitrogens with zero attached hydrogens (tertiary/aromatic N) is 1. The number of carbonyl (C=O) groups excluding carboxylic acids is 2. The van der Waals surface area contributed by atoms with Crippen LogP contribution in [0.3, 0.4) is 0 Å². The van der Waals surface area contributed by atoms with Crippen LogP contribution in [0.5, 0.6) is 0 Å². The molecule has 0 bridgehead atoms. The minimum absolute atomic E-state index is 0.173. The SMILES string of the molecule is O=C(C=Cc1sc2ccccc2c1Cl)OCC(=O)N1CCc2sccc2C1. The van der Waals surface area contributed by atoms with E-state index in [1.54, 1.807) is 22.3 Å². The molecule has 1 aromatic carbocycles. The van der Waals surface area contributed by atoms with Gasteiger partial charge in [0.2, 0.25) is 0 Å². The lowest BCUT2D eigenvalue weighted by Gasteiger charge is -2.26. The molecule has 7 heteroatoms. The molecule has 0 fully saturated rings. The average molecular weight is 418 g/mol. The van der Waals surface area contributed by atoms with E-state index in [-0.39, 0.29) is 12.5 Å². The van der Waals surface area contributed by atoms with E-state index in [0.29, 0.717) is 18.1 Å². The topological polar surface area (TPSA) is 46.6 Å². The first kappa shape index (κ1) is 18.2. The minimum Gasteiger partial charge on any atom is -0.452 e. The zero-order valence-electron chi connectivity index (χ0n) is 14.3. The Morgan fingerprint density at radius 2 is 2.11 bits per heavy atom. The van der Waals surface area contributed by atoms with Crippen LogP contribution in [-0.2, 0) is 27.3 Å². The molecule has 0 radical (unpaired) electrons. The van der Waals surface area contributed by atoms with E-state index in [2.05, 4.69) is 0 Å². The maximum atomic E-state index is 12.3. The first-order valence-corrected chi connectivity index (χ1v) is 10.5. The summed E-state index contributed by atoms with van der Waals surface area (Å²) in [6.45, 7) is 1.00. The van der Waals surface area contributed by atoms with Crippen LogP contribution in [0.4, 0.5) is 0 Å². The standard InChI is InChI=1S/C20H16ClNO3S2/c21-20-14-3-1-2-4-16(14)27-17(20)5-6-19(24)25-12-18(23)22-9-7-15-13(11-22)8-10-26-15/h1-6,8,10H,7,9,11-12H2. The maximum Gasteiger partial charge on any atom is 0.331 e. The number of fused-ring (bicyclic) bond motifs is 2. The summed E-state index contributed by atoms with van der Waals surface area (Å²) >= 11 is 9.58. The highest BCUT2D eigenvalue weighted by Gasteiger charge is 2.22. The molecular formula is C20H16ClNO3S2. The molecular weight excluding hydrogens is 402 g/mol. The van der Waals surface area contributed by atoms with Gasteiger partial charge in [0.25, 0.3) is 5.91 Å². The Kier molecular flexibility index (Phi) is 5.29. The Morgan fingerprint density at radius 3 is 2.96 bits per heavy atom. The summed E-state index contributed by atoms with van der Waals surface area (Å²) < 4.78 is 6.17. The number of benzene rings is 1. The van der Waals surface area contributed by atoms with Crippen LogP contribution >= 0.6 is 34.3 Å². The van der Waals surface area contributed by atoms with E-state index in [4.69, 9.17) is 16.3 Å². The predicted octanol–water partition coefficient (Wildman–Crippen LogP) is 4.76. The summed E-state index contributed by atoms with van der Waals surface area (Å²) in [5.41, 5.74) is 1.19. The van der Waals surface area contributed by atoms with E-state index in [1.807, 2.05) is 35.7 Å². The fourth-order valence-electron chi connectivity index (χ4n) is 3.02. The number of carbonyl (C=O) groups is 2. The molecule has 0 unspecified atom stereocenters. The van der Waals surface area contributed by atoms with E-state index in [0.717, 1.165) is 21.4 Å². The zero-order valence-corrected chi connectivity index (χ0v) is 16.7. The molecule has 4 nitrogen and oxygen atoms in total. The third-order valence-electron chi connectivity index (χ3n) is 4.43. The van der Waals surface area contributed by atoms with Crippen molar-refractivity contribution in [1.29, 1.82) is 0 Å². The first-order valence-electron chi connectivity index (χ1n) is 8.46. The molecule has 0 N–H and O–H groups in total. The second-order valence-electron chi connectivity index (χ2n) is 6.15. The van der Waals surface area contributed by atoms with Gasteiger partial charge in [0.1, 0.15) is 0 Å². The van der Waals surface area contributed by atoms with Crippen molar-refractivity contribution in [2.45, 2.75) is 13.0 Å². The van der Waals surface area contributed by atoms with Crippen molar-refractivity contribution in [3.8, 4) is 0 Å². The van der Waals surface area contributed by atoms with Gasteiger partial charge in [0.05, 0.1) is 5.02 Å². The van der Waals surface area contributed by atoms with Gasteiger partial charge in [-0.15, -0.1) is 22.7 Å². The van der Waals surface area contributed by atoms with Crippen LogP contribution in [-0.4, -0.2) is 29.9 Å². The summed E-state index contributed by atoms with van der Waals surface area (Å²) in [6, 6.07) is 9.84. The maximum absolute atomic E-state index is 12.3. The smallest absolute Gasteiger partial charge is 0.331 e. The fourth-order valence-corrected chi connectivity index (χ4v) is 5.31. The van der Waals surface area contributed by atoms with Gasteiger partial charge in [-0.2, -0.15) is 0 Å². The van der Waals surface area contributed by atoms with Gasteiger partial charge in [-0.25, -0.2) is 4.79 Å². The van der Waals surface area contributed by atoms with E-state index < -0.39 is 5.97 Å². The number of esters is 1. The van der Waals surface area contributed by atoms with Crippen molar-refractivity contribution in [3.63, 3.8) is 0 Å². The number of hydrogen-bond acceptors (Lipinski definition) is 5. The molecule has 2 aromatic heterocycles. The van der Waals surface area contributed by atoms with Gasteiger partial charge in [-0.1, -0.05) is 29.8 Å². The summed E-state index contributed by atoms with van der Waals surface area (Å²) in [5.74, 6) is -0.724. The van der Waals surface area contributed by atoms with Gasteiger partial charge in [0, 0.05) is 39.0 Å². The Hall–Kier alpha value is -2.15. The monoisotopic (exact) mass is 417 g/mol. The number of rotatable bonds is 4. The lowest BCUT2D eigenvalue weighted by Crippen LogP contribution is -2.38. The third-order valence-corrected chi connectivity index (χ3v) is 7.11. The molecule has 138 valence electrons. The fraction of sp³-hybridized carbons (Fsp3) is 0.200. The van der Waals surface area contributed by atoms with Crippen molar-refractivity contribution in [1.82, 2.24) is 4.90 Å². The molecule has 1 aliphatic heterocycles. The lowest BCUT2D eigenvalue weighted by atomic mass is 10.1. The number of halogens is 1. The molecule has 3 heterocycles. The summed E-state index contributed by atoms with van der Waals surface area (Å²) in [5, 5.41) is 3.63. The minimum atomic E-state index is -0.551. The van der Waals surface area contributed by atoms with E-state index in [9.17, 15) is 9.59 Å². The molecule has 1 aliphatic rings. The first-order chi connectivity index (χ1) is 13.1. The Balaban J connectivity index is 1.33. The molecule has 0 atom stereocenters. The normalized spacial score (nSPS) is 13.9. The van der Waals surface area contributed by atoms with Crippen LogP contribution in [0, 0.1) is 0 Å². The number of thiophene rings is 2. The van der Waals surface area contributed by atoms with Crippen molar-refractivity contribution in [3.05, 3.63) is 62.1 Å². The van der Waals surface area contributed by atoms with Crippen molar-refractivity contribution in [2.24, 2.45) is 0 Å². The van der Waals surface area contributed by atoms with Crippen LogP contribution in [0.2, 0.25) is 5.02 Å². The molecule has 0 aliphatic carbocycles. The van der Waals surface area contributed by atoms with Crippen LogP contribution < -0.4 is 0 Å². The third kappa shape index (κ3) is 3.93. The van der Waals surface area contributed by atoms with E-state index >= 15 is 0 Å². The van der Waals surface area contributed by atoms with Gasteiger partial charge in [0.15, 0.2) is 6.61 Å².